The molecule has 11 aromatic rings. The number of non-ortho nitro benzene ring substituents is 2. The Bertz CT molecular complexity index is 5720. The van der Waals surface area contributed by atoms with Crippen LogP contribution in [0.4, 0.5) is 46.0 Å². The maximum atomic E-state index is 13.3. The molecule has 0 bridgehead atoms. The second-order valence-electron chi connectivity index (χ2n) is 21.5. The Hall–Kier alpha value is -12.5. The van der Waals surface area contributed by atoms with Gasteiger partial charge in [-0.05, 0) is 171 Å². The zero-order valence-corrected chi connectivity index (χ0v) is 57.9. The minimum absolute atomic E-state index is 0.0105. The van der Waals surface area contributed by atoms with Gasteiger partial charge in [0.1, 0.15) is 51.3 Å². The molecule has 3 aliphatic rings. The van der Waals surface area contributed by atoms with Crippen molar-refractivity contribution in [2.45, 2.75) is 12.8 Å². The topological polar surface area (TPSA) is 403 Å². The highest BCUT2D eigenvalue weighted by Crippen LogP contribution is 2.40. The van der Waals surface area contributed by atoms with Crippen molar-refractivity contribution >= 4 is 161 Å². The first-order valence-electron chi connectivity index (χ1n) is 29.0. The van der Waals surface area contributed by atoms with Crippen LogP contribution in [-0.4, -0.2) is 68.9 Å². The van der Waals surface area contributed by atoms with Gasteiger partial charge in [0, 0.05) is 54.1 Å². The number of aromatic nitrogens is 4. The molecule has 2 N–H and O–H groups in total. The Kier molecular flexibility index (Phi) is 22.5. The number of halogens is 8. The molecule has 14 rings (SSSR count). The molecule has 0 aliphatic carbocycles. The van der Waals surface area contributed by atoms with Crippen LogP contribution in [0.1, 0.15) is 86.2 Å². The monoisotopic (exact) mass is 1670 g/mol. The minimum atomic E-state index is -0.961. The van der Waals surface area contributed by atoms with E-state index in [2.05, 4.69) is 88.9 Å². The highest BCUT2D eigenvalue weighted by Gasteiger charge is 2.38. The maximum Gasteiger partial charge on any atom is 0.353 e. The molecule has 0 amide bonds. The van der Waals surface area contributed by atoms with E-state index in [4.69, 9.17) is 9.47 Å². The Morgan fingerprint density at radius 2 is 0.740 bits per heavy atom. The average molecular weight is 1680 g/mol. The molecule has 2 aromatic heterocycles. The van der Waals surface area contributed by atoms with Crippen LogP contribution >= 0.6 is 63.7 Å². The standard InChI is InChI=1S/2C15H9BrFN3O3.2C15H7BrFNO4.C8H3NO5/c16-10-6-8(4-5-11(10)17)7-12-14-9(15(21)19-18-12)2-1-3-13(14)20(22)23;16-10-6-8(4-5-11(10)17)7-12-9-2-1-3-13(20(22)23)14(9)15(21)19-18-12;16-10-6-8(4-5-11(10)17)7-13-14-9(15(19)22-13)2-1-3-12(14)18(20)21;16-10-6-8(4-5-11(10)17)7-13-9-2-1-3-12(18(20)21)14(9)15(19)22-13;10-7-4-2-1-3-5(9(12)13)6(4)8(11)14-7/h2*1-6H,7H2,(H,19,21);2*1-7H;1-3H/b;;2*13-7-;. The van der Waals surface area contributed by atoms with Crippen molar-refractivity contribution in [1.29, 1.82) is 0 Å². The molecule has 522 valence electrons. The highest BCUT2D eigenvalue weighted by molar-refractivity contribution is 9.11. The number of nitro groups is 5. The number of ether oxygens (including phenoxy) is 3. The lowest BCUT2D eigenvalue weighted by Crippen LogP contribution is -2.13. The summed E-state index contributed by atoms with van der Waals surface area (Å²) in [6, 6.07) is 38.4. The smallest absolute Gasteiger partial charge is 0.353 e. The normalized spacial score (nSPS) is 12.9. The summed E-state index contributed by atoms with van der Waals surface area (Å²) >= 11 is 12.3. The first kappa shape index (κ1) is 74.2. The van der Waals surface area contributed by atoms with Crippen molar-refractivity contribution in [3.05, 3.63) is 343 Å². The predicted octanol–water partition coefficient (Wildman–Crippen LogP) is 15.9. The van der Waals surface area contributed by atoms with Gasteiger partial charge in [-0.2, -0.15) is 10.2 Å². The van der Waals surface area contributed by atoms with E-state index in [1.54, 1.807) is 36.4 Å². The van der Waals surface area contributed by atoms with Crippen LogP contribution in [0.2, 0.25) is 0 Å². The number of carbonyl (C=O) groups is 4. The number of nitro benzene ring substituents is 5. The van der Waals surface area contributed by atoms with E-state index in [9.17, 15) is 96.9 Å². The molecule has 3 aliphatic heterocycles. The number of hydrogen-bond acceptors (Lipinski definition) is 21. The van der Waals surface area contributed by atoms with Crippen molar-refractivity contribution in [1.82, 2.24) is 20.4 Å². The van der Waals surface area contributed by atoms with E-state index in [0.29, 0.717) is 54.4 Å². The first-order valence-corrected chi connectivity index (χ1v) is 32.2. The van der Waals surface area contributed by atoms with Gasteiger partial charge in [-0.3, -0.25) is 60.2 Å². The Labute approximate surface area is 609 Å². The number of esters is 4. The van der Waals surface area contributed by atoms with E-state index in [1.165, 1.54) is 133 Å². The summed E-state index contributed by atoms with van der Waals surface area (Å²) in [6.45, 7) is 0. The Morgan fingerprint density at radius 3 is 1.24 bits per heavy atom. The first-order chi connectivity index (χ1) is 49.5. The fraction of sp³-hybridized carbons (Fsp3) is 0.0294. The summed E-state index contributed by atoms with van der Waals surface area (Å²) in [7, 11) is 0. The summed E-state index contributed by atoms with van der Waals surface area (Å²) in [6.07, 6.45) is 3.50. The summed E-state index contributed by atoms with van der Waals surface area (Å²) < 4.78 is 68.7. The summed E-state index contributed by atoms with van der Waals surface area (Å²) in [4.78, 5) is 121. The molecule has 0 fully saturated rings. The SMILES string of the molecule is O=C1O/C(=C\c2ccc(F)c(Br)c2)c2c1cccc2[N+](=O)[O-].O=C1O/C(=C\c2ccc(F)c(Br)c2)c2cccc([N+](=O)[O-])c21.O=C1OC(=O)c2c1cccc2[N+](=O)[O-].O=c1[nH]nc(Cc2ccc(F)c(Br)c2)c2c([N+](=O)[O-])cccc12.O=c1[nH]nc(Cc2ccc(F)c(Br)c2)c2cccc([N+](=O)[O-])c12. The second-order valence-corrected chi connectivity index (χ2v) is 24.9. The fourth-order valence-electron chi connectivity index (χ4n) is 10.4. The average Bonchev–Trinajstić information content (AvgIpc) is 1.22. The maximum absolute atomic E-state index is 13.3. The molecule has 0 saturated carbocycles. The molecule has 104 heavy (non-hydrogen) atoms. The lowest BCUT2D eigenvalue weighted by atomic mass is 10.0. The van der Waals surface area contributed by atoms with Crippen molar-refractivity contribution < 1.29 is 75.6 Å². The van der Waals surface area contributed by atoms with Gasteiger partial charge in [0.15, 0.2) is 5.56 Å². The van der Waals surface area contributed by atoms with Crippen LogP contribution in [0.25, 0.3) is 45.2 Å². The molecule has 36 heteroatoms. The summed E-state index contributed by atoms with van der Waals surface area (Å²) in [5.74, 6) is -4.58. The molecule has 0 spiro atoms. The molecule has 0 radical (unpaired) electrons. The van der Waals surface area contributed by atoms with Gasteiger partial charge >= 0.3 is 23.9 Å². The number of cyclic esters (lactones) is 4. The summed E-state index contributed by atoms with van der Waals surface area (Å²) in [5, 5.41) is 68.3. The zero-order valence-electron chi connectivity index (χ0n) is 51.6. The van der Waals surface area contributed by atoms with Crippen LogP contribution < -0.4 is 11.1 Å². The van der Waals surface area contributed by atoms with Gasteiger partial charge in [0.25, 0.3) is 39.6 Å². The number of nitrogens with one attached hydrogen (secondary N) is 2. The van der Waals surface area contributed by atoms with Gasteiger partial charge in [-0.1, -0.05) is 60.7 Å². The van der Waals surface area contributed by atoms with Gasteiger partial charge in [0.05, 0.1) is 75.8 Å². The number of aromatic amines is 2. The molecule has 5 heterocycles. The number of hydrogen-bond donors (Lipinski definition) is 2. The summed E-state index contributed by atoms with van der Waals surface area (Å²) in [5.41, 5.74) is 1.19. The van der Waals surface area contributed by atoms with E-state index < -0.39 is 82.8 Å². The lowest BCUT2D eigenvalue weighted by Gasteiger charge is -2.06. The van der Waals surface area contributed by atoms with Crippen molar-refractivity contribution in [2.75, 3.05) is 0 Å². The number of fused-ring (bicyclic) bond motifs is 5. The molecule has 9 aromatic carbocycles. The molecule has 0 unspecified atom stereocenters. The molecule has 0 saturated heterocycles. The van der Waals surface area contributed by atoms with Crippen molar-refractivity contribution in [3.8, 4) is 0 Å². The fourth-order valence-corrected chi connectivity index (χ4v) is 12.0. The molecule has 0 atom stereocenters. The quantitative estimate of drug-likeness (QED) is 0.0303. The number of H-pyrrole nitrogens is 2. The Balaban J connectivity index is 0.000000141. The number of rotatable bonds is 11. The molecular weight excluding hydrogens is 1640 g/mol. The number of carbonyl (C=O) groups excluding carboxylic acids is 4. The third-order valence-corrected chi connectivity index (χ3v) is 17.4. The van der Waals surface area contributed by atoms with Crippen LogP contribution in [0, 0.1) is 73.8 Å². The highest BCUT2D eigenvalue weighted by atomic mass is 79.9. The number of benzene rings is 9. The van der Waals surface area contributed by atoms with Crippen LogP contribution in [0.3, 0.4) is 0 Å². The zero-order chi connectivity index (χ0) is 75.1. The van der Waals surface area contributed by atoms with E-state index in [0.717, 1.165) is 11.6 Å². The third-order valence-electron chi connectivity index (χ3n) is 15.0. The van der Waals surface area contributed by atoms with Crippen LogP contribution in [0.5, 0.6) is 0 Å². The second kappa shape index (κ2) is 31.6. The number of nitrogens with zero attached hydrogens (tertiary/aromatic N) is 7. The van der Waals surface area contributed by atoms with Gasteiger partial charge in [-0.15, -0.1) is 0 Å². The molecular formula is C68H35Br4F4N9O19. The molecule has 28 nitrogen and oxygen atoms in total. The minimum Gasteiger partial charge on any atom is -0.422 e. The van der Waals surface area contributed by atoms with Crippen molar-refractivity contribution in [2.24, 2.45) is 0 Å². The van der Waals surface area contributed by atoms with E-state index in [-0.39, 0.29) is 99.4 Å². The van der Waals surface area contributed by atoms with Gasteiger partial charge < -0.3 is 14.2 Å². The van der Waals surface area contributed by atoms with Crippen LogP contribution in [0.15, 0.2) is 191 Å². The lowest BCUT2D eigenvalue weighted by molar-refractivity contribution is -0.385. The predicted molar refractivity (Wildman–Crippen MR) is 376 cm³/mol. The van der Waals surface area contributed by atoms with Crippen molar-refractivity contribution in [3.63, 3.8) is 0 Å². The van der Waals surface area contributed by atoms with E-state index in [1.807, 2.05) is 0 Å². The third kappa shape index (κ3) is 16.3. The van der Waals surface area contributed by atoms with Gasteiger partial charge in [0.2, 0.25) is 0 Å². The van der Waals surface area contributed by atoms with E-state index >= 15 is 0 Å². The Morgan fingerprint density at radius 1 is 0.375 bits per heavy atom. The van der Waals surface area contributed by atoms with Crippen LogP contribution in [-0.2, 0) is 27.1 Å². The van der Waals surface area contributed by atoms with Gasteiger partial charge in [-0.25, -0.2) is 46.9 Å². The largest absolute Gasteiger partial charge is 0.422 e.